The van der Waals surface area contributed by atoms with Crippen LogP contribution in [0.15, 0.2) is 53.5 Å². The number of rotatable bonds is 1. The van der Waals surface area contributed by atoms with Gasteiger partial charge in [-0.1, -0.05) is 55.8 Å². The van der Waals surface area contributed by atoms with Crippen molar-refractivity contribution in [3.63, 3.8) is 0 Å². The van der Waals surface area contributed by atoms with Crippen LogP contribution in [0, 0.1) is 16.7 Å². The van der Waals surface area contributed by atoms with Crippen molar-refractivity contribution in [1.29, 1.82) is 0 Å². The van der Waals surface area contributed by atoms with E-state index in [4.69, 9.17) is 17.3 Å². The van der Waals surface area contributed by atoms with Gasteiger partial charge in [0.25, 0.3) is 0 Å². The molecule has 0 spiro atoms. The summed E-state index contributed by atoms with van der Waals surface area (Å²) in [6.45, 7) is 5.09. The van der Waals surface area contributed by atoms with Crippen molar-refractivity contribution in [1.82, 2.24) is 0 Å². The molecule has 7 rings (SSSR count). The van der Waals surface area contributed by atoms with Crippen molar-refractivity contribution in [3.8, 4) is 0 Å². The molecule has 1 heterocycles. The Morgan fingerprint density at radius 2 is 1.67 bits per heavy atom. The summed E-state index contributed by atoms with van der Waals surface area (Å²) in [5.41, 5.74) is 11.4. The number of fused-ring (bicyclic) bond motifs is 1. The van der Waals surface area contributed by atoms with Crippen LogP contribution >= 0.6 is 11.6 Å². The summed E-state index contributed by atoms with van der Waals surface area (Å²) in [5, 5.41) is 0.634. The Balaban J connectivity index is 0.000000151. The van der Waals surface area contributed by atoms with Gasteiger partial charge in [0.2, 0.25) is 5.91 Å². The van der Waals surface area contributed by atoms with E-state index < -0.39 is 0 Å². The molecule has 0 aromatic heterocycles. The SMILES string of the molecule is CN1C(=O)CN=C(c2ccccc2)c2cc(Cl)ccc21.C[C@]12CC3CC(N)(C1)C[C@@](C)(C3)C2. The molecule has 4 fully saturated rings. The number of amides is 1. The molecule has 2 unspecified atom stereocenters. The predicted molar refractivity (Wildman–Crippen MR) is 136 cm³/mol. The molecule has 2 aromatic rings. The number of nitrogens with zero attached hydrogens (tertiary/aromatic N) is 2. The molecule has 2 aromatic carbocycles. The molecule has 0 radical (unpaired) electrons. The maximum absolute atomic E-state index is 12.0. The van der Waals surface area contributed by atoms with Crippen molar-refractivity contribution in [2.45, 2.75) is 57.9 Å². The molecule has 1 amide bonds. The number of benzodiazepines with no additional fused rings is 1. The summed E-state index contributed by atoms with van der Waals surface area (Å²) in [6.07, 6.45) is 8.27. The number of benzene rings is 2. The van der Waals surface area contributed by atoms with E-state index in [2.05, 4.69) is 18.8 Å². The third kappa shape index (κ3) is 4.36. The first-order valence-corrected chi connectivity index (χ1v) is 12.4. The summed E-state index contributed by atoms with van der Waals surface area (Å²) in [7, 11) is 1.76. The average molecular weight is 464 g/mol. The lowest BCUT2D eigenvalue weighted by molar-refractivity contribution is -0.116. The molecule has 4 saturated carbocycles. The molecule has 4 aliphatic carbocycles. The predicted octanol–water partition coefficient (Wildman–Crippen LogP) is 5.85. The number of anilines is 1. The topological polar surface area (TPSA) is 58.7 Å². The summed E-state index contributed by atoms with van der Waals surface area (Å²) in [4.78, 5) is 18.1. The Labute approximate surface area is 202 Å². The molecule has 4 atom stereocenters. The molecule has 174 valence electrons. The Bertz CT molecular complexity index is 1060. The van der Waals surface area contributed by atoms with Gasteiger partial charge in [0.05, 0.1) is 11.4 Å². The molecule has 5 heteroatoms. The minimum absolute atomic E-state index is 0.0282. The van der Waals surface area contributed by atoms with Gasteiger partial charge in [0, 0.05) is 28.7 Å². The van der Waals surface area contributed by atoms with Gasteiger partial charge in [0.15, 0.2) is 0 Å². The van der Waals surface area contributed by atoms with Gasteiger partial charge in [-0.3, -0.25) is 9.79 Å². The lowest BCUT2D eigenvalue weighted by Gasteiger charge is -2.64. The van der Waals surface area contributed by atoms with E-state index in [1.54, 1.807) is 18.0 Å². The van der Waals surface area contributed by atoms with Crippen LogP contribution in [0.4, 0.5) is 5.69 Å². The Hall–Kier alpha value is -2.17. The fourth-order valence-corrected chi connectivity index (χ4v) is 8.01. The minimum atomic E-state index is -0.0282. The number of aliphatic imine (C=N–C) groups is 1. The van der Waals surface area contributed by atoms with Crippen molar-refractivity contribution in [2.24, 2.45) is 27.5 Å². The molecule has 0 saturated heterocycles. The van der Waals surface area contributed by atoms with Crippen LogP contribution in [-0.4, -0.2) is 30.8 Å². The van der Waals surface area contributed by atoms with Gasteiger partial charge in [-0.05, 0) is 73.5 Å². The molecular weight excluding hydrogens is 430 g/mol. The van der Waals surface area contributed by atoms with Gasteiger partial charge in [0.1, 0.15) is 6.54 Å². The highest BCUT2D eigenvalue weighted by atomic mass is 35.5. The highest BCUT2D eigenvalue weighted by molar-refractivity contribution is 6.32. The first-order chi connectivity index (χ1) is 15.6. The maximum Gasteiger partial charge on any atom is 0.248 e. The van der Waals surface area contributed by atoms with Crippen molar-refractivity contribution >= 4 is 28.9 Å². The Morgan fingerprint density at radius 3 is 2.27 bits per heavy atom. The van der Waals surface area contributed by atoms with E-state index in [9.17, 15) is 4.79 Å². The zero-order valence-electron chi connectivity index (χ0n) is 19.9. The maximum atomic E-state index is 12.0. The van der Waals surface area contributed by atoms with Crippen LogP contribution in [0.5, 0.6) is 0 Å². The number of halogens is 1. The summed E-state index contributed by atoms with van der Waals surface area (Å²) >= 11 is 6.11. The lowest BCUT2D eigenvalue weighted by atomic mass is 9.43. The molecular formula is C28H34ClN3O. The van der Waals surface area contributed by atoms with Crippen molar-refractivity contribution in [2.75, 3.05) is 18.5 Å². The second-order valence-corrected chi connectivity index (χ2v) is 12.1. The van der Waals surface area contributed by atoms with Crippen molar-refractivity contribution in [3.05, 3.63) is 64.7 Å². The first kappa shape index (κ1) is 22.6. The zero-order chi connectivity index (χ0) is 23.4. The molecule has 2 N–H and O–H groups in total. The van der Waals surface area contributed by atoms with Gasteiger partial charge >= 0.3 is 0 Å². The van der Waals surface area contributed by atoms with E-state index in [0.717, 1.165) is 28.4 Å². The minimum Gasteiger partial charge on any atom is -0.325 e. The quantitative estimate of drug-likeness (QED) is 0.576. The van der Waals surface area contributed by atoms with Crippen LogP contribution in [-0.2, 0) is 4.79 Å². The van der Waals surface area contributed by atoms with E-state index >= 15 is 0 Å². The van der Waals surface area contributed by atoms with E-state index in [1.807, 2.05) is 42.5 Å². The second kappa shape index (κ2) is 7.95. The third-order valence-electron chi connectivity index (χ3n) is 8.04. The molecule has 4 nitrogen and oxygen atoms in total. The van der Waals surface area contributed by atoms with Gasteiger partial charge < -0.3 is 10.6 Å². The first-order valence-electron chi connectivity index (χ1n) is 12.0. The molecule has 33 heavy (non-hydrogen) atoms. The smallest absolute Gasteiger partial charge is 0.248 e. The van der Waals surface area contributed by atoms with Gasteiger partial charge in [-0.2, -0.15) is 0 Å². The summed E-state index contributed by atoms with van der Waals surface area (Å²) in [5.74, 6) is 0.927. The highest BCUT2D eigenvalue weighted by Gasteiger charge is 2.58. The number of carbonyl (C=O) groups is 1. The fraction of sp³-hybridized carbons (Fsp3) is 0.500. The van der Waals surface area contributed by atoms with E-state index in [0.29, 0.717) is 15.9 Å². The number of nitrogens with two attached hydrogens (primary N) is 1. The largest absolute Gasteiger partial charge is 0.325 e. The van der Waals surface area contributed by atoms with E-state index in [-0.39, 0.29) is 18.0 Å². The van der Waals surface area contributed by atoms with Crippen molar-refractivity contribution < 1.29 is 4.79 Å². The normalized spacial score (nSPS) is 34.2. The monoisotopic (exact) mass is 463 g/mol. The Morgan fingerprint density at radius 1 is 1.00 bits per heavy atom. The highest BCUT2D eigenvalue weighted by Crippen LogP contribution is 2.65. The lowest BCUT2D eigenvalue weighted by Crippen LogP contribution is -2.62. The second-order valence-electron chi connectivity index (χ2n) is 11.6. The average Bonchev–Trinajstić information content (AvgIpc) is 2.82. The number of hydrogen-bond acceptors (Lipinski definition) is 3. The van der Waals surface area contributed by atoms with Crippen LogP contribution in [0.25, 0.3) is 0 Å². The van der Waals surface area contributed by atoms with Crippen LogP contribution in [0.1, 0.15) is 63.5 Å². The molecule has 5 aliphatic rings. The standard InChI is InChI=1S/C16H13ClN2O.C12H21N/c1-19-14-8-7-12(17)9-13(14)16(18-10-15(19)20)11-5-3-2-4-6-11;1-10-3-9-4-11(2,6-10)8-12(13,5-9)7-10/h2-9H,10H2,1H3;9H,3-8,13H2,1-2H3/t;9?,10-,11+,12?. The third-order valence-corrected chi connectivity index (χ3v) is 8.27. The van der Waals surface area contributed by atoms with Crippen LogP contribution in [0.3, 0.4) is 0 Å². The zero-order valence-corrected chi connectivity index (χ0v) is 20.7. The number of likely N-dealkylation sites (N-methyl/N-ethyl adjacent to an activating group) is 1. The van der Waals surface area contributed by atoms with Gasteiger partial charge in [-0.25, -0.2) is 0 Å². The molecule has 1 aliphatic heterocycles. The van der Waals surface area contributed by atoms with Crippen LogP contribution in [0.2, 0.25) is 5.02 Å². The van der Waals surface area contributed by atoms with E-state index in [1.165, 1.54) is 38.5 Å². The van der Waals surface area contributed by atoms with Crippen LogP contribution < -0.4 is 10.6 Å². The number of hydrogen-bond donors (Lipinski definition) is 1. The summed E-state index contributed by atoms with van der Waals surface area (Å²) in [6, 6.07) is 15.3. The summed E-state index contributed by atoms with van der Waals surface area (Å²) < 4.78 is 0. The Kier molecular flexibility index (Phi) is 5.45. The fourth-order valence-electron chi connectivity index (χ4n) is 7.84. The number of carbonyl (C=O) groups excluding carboxylic acids is 1. The van der Waals surface area contributed by atoms with Gasteiger partial charge in [-0.15, -0.1) is 0 Å². The molecule has 4 bridgehead atoms.